The topological polar surface area (TPSA) is 36.3 Å². The molecular formula is C12H20N2O. The van der Waals surface area contributed by atoms with Gasteiger partial charge in [0.1, 0.15) is 0 Å². The molecule has 1 saturated carbocycles. The second-order valence-corrected chi connectivity index (χ2v) is 4.92. The summed E-state index contributed by atoms with van der Waals surface area (Å²) >= 11 is 0. The lowest BCUT2D eigenvalue weighted by Crippen LogP contribution is -2.53. The van der Waals surface area contributed by atoms with Crippen molar-refractivity contribution in [3.05, 3.63) is 0 Å². The second-order valence-electron chi connectivity index (χ2n) is 4.92. The molecule has 0 aromatic heterocycles. The Labute approximate surface area is 92.0 Å². The minimum atomic E-state index is 0.248. The van der Waals surface area contributed by atoms with Crippen molar-refractivity contribution >= 4 is 0 Å². The first-order chi connectivity index (χ1) is 7.22. The molecule has 0 aromatic carbocycles. The van der Waals surface area contributed by atoms with Crippen LogP contribution in [-0.2, 0) is 4.74 Å². The number of hydrogen-bond acceptors (Lipinski definition) is 3. The van der Waals surface area contributed by atoms with E-state index in [1.165, 1.54) is 12.8 Å². The zero-order chi connectivity index (χ0) is 10.8. The molecule has 2 rings (SSSR count). The van der Waals surface area contributed by atoms with Crippen molar-refractivity contribution in [2.75, 3.05) is 13.2 Å². The van der Waals surface area contributed by atoms with Gasteiger partial charge >= 0.3 is 0 Å². The third kappa shape index (κ3) is 2.16. The van der Waals surface area contributed by atoms with E-state index in [0.29, 0.717) is 18.2 Å². The van der Waals surface area contributed by atoms with Crippen molar-refractivity contribution in [3.63, 3.8) is 0 Å². The van der Waals surface area contributed by atoms with Crippen LogP contribution in [0, 0.1) is 17.2 Å². The zero-order valence-electron chi connectivity index (χ0n) is 9.65. The Morgan fingerprint density at radius 2 is 2.13 bits per heavy atom. The maximum atomic E-state index is 9.11. The molecule has 2 aliphatic rings. The smallest absolute Gasteiger partial charge is 0.0674 e. The molecule has 3 heteroatoms. The summed E-state index contributed by atoms with van der Waals surface area (Å²) in [5.41, 5.74) is 0. The standard InChI is InChI=1S/C12H20N2O/c1-9-8-15-10(2)7-14(9)12-5-3-4-11(12)6-13/h9-12H,3-5,7-8H2,1-2H3. The van der Waals surface area contributed by atoms with Crippen LogP contribution in [0.25, 0.3) is 0 Å². The maximum absolute atomic E-state index is 9.11. The van der Waals surface area contributed by atoms with Gasteiger partial charge in [-0.05, 0) is 26.7 Å². The summed E-state index contributed by atoms with van der Waals surface area (Å²) in [6.45, 7) is 6.13. The minimum Gasteiger partial charge on any atom is -0.376 e. The van der Waals surface area contributed by atoms with E-state index in [1.807, 2.05) is 0 Å². The Morgan fingerprint density at radius 1 is 1.33 bits per heavy atom. The van der Waals surface area contributed by atoms with Crippen LogP contribution in [0.2, 0.25) is 0 Å². The third-order valence-electron chi connectivity index (χ3n) is 3.73. The third-order valence-corrected chi connectivity index (χ3v) is 3.73. The molecular weight excluding hydrogens is 188 g/mol. The Bertz CT molecular complexity index is 261. The maximum Gasteiger partial charge on any atom is 0.0674 e. The highest BCUT2D eigenvalue weighted by Crippen LogP contribution is 2.32. The summed E-state index contributed by atoms with van der Waals surface area (Å²) < 4.78 is 5.62. The first-order valence-electron chi connectivity index (χ1n) is 5.99. The molecule has 0 amide bonds. The lowest BCUT2D eigenvalue weighted by molar-refractivity contribution is -0.0686. The number of nitriles is 1. The van der Waals surface area contributed by atoms with Crippen LogP contribution < -0.4 is 0 Å². The van der Waals surface area contributed by atoms with E-state index < -0.39 is 0 Å². The molecule has 1 saturated heterocycles. The van der Waals surface area contributed by atoms with Crippen molar-refractivity contribution in [1.82, 2.24) is 4.90 Å². The Morgan fingerprint density at radius 3 is 2.87 bits per heavy atom. The van der Waals surface area contributed by atoms with Crippen molar-refractivity contribution in [2.45, 2.75) is 51.3 Å². The van der Waals surface area contributed by atoms with Gasteiger partial charge in [0.2, 0.25) is 0 Å². The number of hydrogen-bond donors (Lipinski definition) is 0. The van der Waals surface area contributed by atoms with Crippen molar-refractivity contribution in [2.24, 2.45) is 5.92 Å². The molecule has 1 heterocycles. The molecule has 0 bridgehead atoms. The summed E-state index contributed by atoms with van der Waals surface area (Å²) in [6, 6.07) is 3.42. The summed E-state index contributed by atoms with van der Waals surface area (Å²) in [5, 5.41) is 9.11. The Kier molecular flexibility index (Phi) is 3.28. The van der Waals surface area contributed by atoms with E-state index >= 15 is 0 Å². The van der Waals surface area contributed by atoms with Gasteiger partial charge < -0.3 is 4.74 Å². The molecule has 0 radical (unpaired) electrons. The number of morpholine rings is 1. The van der Waals surface area contributed by atoms with Crippen LogP contribution >= 0.6 is 0 Å². The van der Waals surface area contributed by atoms with Gasteiger partial charge in [0.05, 0.1) is 24.7 Å². The summed E-state index contributed by atoms with van der Waals surface area (Å²) in [5.74, 6) is 0.248. The van der Waals surface area contributed by atoms with Gasteiger partial charge in [0.15, 0.2) is 0 Å². The van der Waals surface area contributed by atoms with Crippen LogP contribution in [0.4, 0.5) is 0 Å². The predicted octanol–water partition coefficient (Wildman–Crippen LogP) is 1.79. The number of nitrogens with zero attached hydrogens (tertiary/aromatic N) is 2. The first kappa shape index (κ1) is 10.9. The Hall–Kier alpha value is -0.590. The molecule has 2 fully saturated rings. The fraction of sp³-hybridized carbons (Fsp3) is 0.917. The first-order valence-corrected chi connectivity index (χ1v) is 5.99. The van der Waals surface area contributed by atoms with Gasteiger partial charge in [0, 0.05) is 18.6 Å². The van der Waals surface area contributed by atoms with Crippen LogP contribution in [0.3, 0.4) is 0 Å². The molecule has 4 atom stereocenters. The zero-order valence-corrected chi connectivity index (χ0v) is 9.65. The fourth-order valence-electron chi connectivity index (χ4n) is 2.88. The molecule has 0 N–H and O–H groups in total. The molecule has 1 aliphatic heterocycles. The number of rotatable bonds is 1. The molecule has 1 aliphatic carbocycles. The monoisotopic (exact) mass is 208 g/mol. The SMILES string of the molecule is CC1CN(C2CCCC2C#N)C(C)CO1. The van der Waals surface area contributed by atoms with Gasteiger partial charge in [0.25, 0.3) is 0 Å². The summed E-state index contributed by atoms with van der Waals surface area (Å²) in [6.07, 6.45) is 3.80. The lowest BCUT2D eigenvalue weighted by Gasteiger charge is -2.41. The van der Waals surface area contributed by atoms with E-state index in [1.54, 1.807) is 0 Å². The van der Waals surface area contributed by atoms with Crippen molar-refractivity contribution < 1.29 is 4.74 Å². The molecule has 4 unspecified atom stereocenters. The highest BCUT2D eigenvalue weighted by Gasteiger charge is 2.37. The minimum absolute atomic E-state index is 0.248. The van der Waals surface area contributed by atoms with Crippen LogP contribution in [0.1, 0.15) is 33.1 Å². The quantitative estimate of drug-likeness (QED) is 0.659. The van der Waals surface area contributed by atoms with Crippen molar-refractivity contribution in [3.8, 4) is 6.07 Å². The summed E-state index contributed by atoms with van der Waals surface area (Å²) in [4.78, 5) is 2.50. The second kappa shape index (κ2) is 4.51. The van der Waals surface area contributed by atoms with Crippen LogP contribution in [0.5, 0.6) is 0 Å². The Balaban J connectivity index is 2.04. The number of ether oxygens (including phenoxy) is 1. The van der Waals surface area contributed by atoms with Gasteiger partial charge in [-0.1, -0.05) is 6.42 Å². The van der Waals surface area contributed by atoms with Gasteiger partial charge in [-0.15, -0.1) is 0 Å². The lowest BCUT2D eigenvalue weighted by atomic mass is 10.0. The molecule has 84 valence electrons. The van der Waals surface area contributed by atoms with Crippen LogP contribution in [0.15, 0.2) is 0 Å². The van der Waals surface area contributed by atoms with Gasteiger partial charge in [-0.3, -0.25) is 4.90 Å². The normalized spacial score (nSPS) is 42.7. The van der Waals surface area contributed by atoms with E-state index in [0.717, 1.165) is 19.6 Å². The average Bonchev–Trinajstić information content (AvgIpc) is 2.69. The van der Waals surface area contributed by atoms with Gasteiger partial charge in [-0.25, -0.2) is 0 Å². The highest BCUT2D eigenvalue weighted by atomic mass is 16.5. The summed E-state index contributed by atoms with van der Waals surface area (Å²) in [7, 11) is 0. The molecule has 0 aromatic rings. The van der Waals surface area contributed by atoms with E-state index in [-0.39, 0.29) is 5.92 Å². The van der Waals surface area contributed by atoms with Gasteiger partial charge in [-0.2, -0.15) is 5.26 Å². The van der Waals surface area contributed by atoms with Crippen LogP contribution in [-0.4, -0.2) is 36.2 Å². The highest BCUT2D eigenvalue weighted by molar-refractivity contribution is 4.99. The average molecular weight is 208 g/mol. The molecule has 0 spiro atoms. The fourth-order valence-corrected chi connectivity index (χ4v) is 2.88. The van der Waals surface area contributed by atoms with E-state index in [9.17, 15) is 0 Å². The van der Waals surface area contributed by atoms with E-state index in [2.05, 4.69) is 24.8 Å². The molecule has 15 heavy (non-hydrogen) atoms. The van der Waals surface area contributed by atoms with Crippen molar-refractivity contribution in [1.29, 1.82) is 5.26 Å². The van der Waals surface area contributed by atoms with E-state index in [4.69, 9.17) is 10.00 Å². The predicted molar refractivity (Wildman–Crippen MR) is 58.3 cm³/mol. The largest absolute Gasteiger partial charge is 0.376 e. The molecule has 3 nitrogen and oxygen atoms in total.